The van der Waals surface area contributed by atoms with E-state index in [1.807, 2.05) is 6.92 Å². The molecule has 1 saturated heterocycles. The van der Waals surface area contributed by atoms with Crippen molar-refractivity contribution in [3.8, 4) is 0 Å². The van der Waals surface area contributed by atoms with Crippen molar-refractivity contribution < 1.29 is 14.7 Å². The van der Waals surface area contributed by atoms with Crippen LogP contribution < -0.4 is 10.6 Å². The van der Waals surface area contributed by atoms with E-state index in [4.69, 9.17) is 5.11 Å². The molecule has 104 valence electrons. The Morgan fingerprint density at radius 2 is 1.89 bits per heavy atom. The summed E-state index contributed by atoms with van der Waals surface area (Å²) >= 11 is 0. The lowest BCUT2D eigenvalue weighted by atomic mass is 9.75. The molecule has 0 atom stereocenters. The van der Waals surface area contributed by atoms with Crippen molar-refractivity contribution in [1.82, 2.24) is 10.6 Å². The van der Waals surface area contributed by atoms with Gasteiger partial charge in [0, 0.05) is 6.54 Å². The highest BCUT2D eigenvalue weighted by Gasteiger charge is 2.38. The van der Waals surface area contributed by atoms with E-state index in [1.165, 1.54) is 0 Å². The largest absolute Gasteiger partial charge is 0.481 e. The molecule has 0 aromatic heterocycles. The Morgan fingerprint density at radius 3 is 2.33 bits per heavy atom. The smallest absolute Gasteiger partial charge is 0.310 e. The molecule has 0 aromatic rings. The van der Waals surface area contributed by atoms with Crippen LogP contribution in [-0.2, 0) is 9.59 Å². The van der Waals surface area contributed by atoms with Crippen molar-refractivity contribution in [2.24, 2.45) is 10.8 Å². The normalized spacial score (nSPS) is 19.3. The van der Waals surface area contributed by atoms with Gasteiger partial charge in [-0.25, -0.2) is 0 Å². The van der Waals surface area contributed by atoms with Gasteiger partial charge < -0.3 is 15.7 Å². The predicted molar refractivity (Wildman–Crippen MR) is 69.3 cm³/mol. The number of carboxylic acid groups (broad SMARTS) is 1. The third-order valence-electron chi connectivity index (χ3n) is 3.99. The number of carboxylic acids is 1. The van der Waals surface area contributed by atoms with Crippen LogP contribution in [-0.4, -0.2) is 36.6 Å². The molecule has 18 heavy (non-hydrogen) atoms. The van der Waals surface area contributed by atoms with Crippen LogP contribution in [0.1, 0.15) is 40.0 Å². The maximum Gasteiger partial charge on any atom is 0.310 e. The Bertz CT molecular complexity index is 320. The van der Waals surface area contributed by atoms with Crippen LogP contribution >= 0.6 is 0 Å². The lowest BCUT2D eigenvalue weighted by Gasteiger charge is -2.36. The number of hydrogen-bond acceptors (Lipinski definition) is 3. The minimum absolute atomic E-state index is 0.000764. The maximum absolute atomic E-state index is 12.3. The summed E-state index contributed by atoms with van der Waals surface area (Å²) < 4.78 is 0. The second-order valence-electron chi connectivity index (χ2n) is 5.76. The second-order valence-corrected chi connectivity index (χ2v) is 5.76. The highest BCUT2D eigenvalue weighted by atomic mass is 16.4. The van der Waals surface area contributed by atoms with Crippen LogP contribution in [0.15, 0.2) is 0 Å². The fraction of sp³-hybridized carbons (Fsp3) is 0.846. The third kappa shape index (κ3) is 3.22. The first kappa shape index (κ1) is 15.0. The van der Waals surface area contributed by atoms with E-state index in [0.717, 1.165) is 32.4 Å². The minimum atomic E-state index is -0.919. The number of nitrogens with one attached hydrogen (secondary N) is 2. The highest BCUT2D eigenvalue weighted by molar-refractivity contribution is 5.83. The first-order valence-corrected chi connectivity index (χ1v) is 6.56. The number of rotatable bonds is 5. The molecule has 0 unspecified atom stereocenters. The van der Waals surface area contributed by atoms with Crippen LogP contribution in [0, 0.1) is 10.8 Å². The van der Waals surface area contributed by atoms with Gasteiger partial charge in [-0.2, -0.15) is 0 Å². The van der Waals surface area contributed by atoms with Gasteiger partial charge in [0.15, 0.2) is 0 Å². The topological polar surface area (TPSA) is 78.4 Å². The number of carbonyl (C=O) groups excluding carboxylic acids is 1. The monoisotopic (exact) mass is 256 g/mol. The van der Waals surface area contributed by atoms with E-state index in [2.05, 4.69) is 10.6 Å². The van der Waals surface area contributed by atoms with Crippen molar-refractivity contribution in [3.63, 3.8) is 0 Å². The summed E-state index contributed by atoms with van der Waals surface area (Å²) in [7, 11) is 0. The molecule has 0 radical (unpaired) electrons. The van der Waals surface area contributed by atoms with E-state index >= 15 is 0 Å². The molecule has 1 aliphatic rings. The standard InChI is InChI=1S/C13H24N2O3/c1-4-13(5-7-14-8-6-13)10(16)15-9-12(2,3)11(17)18/h14H,4-9H2,1-3H3,(H,15,16)(H,17,18). The van der Waals surface area contributed by atoms with Gasteiger partial charge in [0.2, 0.25) is 5.91 Å². The Morgan fingerprint density at radius 1 is 1.33 bits per heavy atom. The first-order valence-electron chi connectivity index (χ1n) is 6.56. The van der Waals surface area contributed by atoms with Gasteiger partial charge in [0.05, 0.1) is 10.8 Å². The molecule has 0 aromatic carbocycles. The van der Waals surface area contributed by atoms with Crippen LogP contribution in [0.4, 0.5) is 0 Å². The molecule has 5 heteroatoms. The number of carbonyl (C=O) groups is 2. The zero-order chi connectivity index (χ0) is 13.8. The molecule has 1 amide bonds. The van der Waals surface area contributed by atoms with Crippen LogP contribution in [0.5, 0.6) is 0 Å². The van der Waals surface area contributed by atoms with E-state index < -0.39 is 11.4 Å². The highest BCUT2D eigenvalue weighted by Crippen LogP contribution is 2.32. The maximum atomic E-state index is 12.3. The van der Waals surface area contributed by atoms with E-state index in [0.29, 0.717) is 0 Å². The number of amides is 1. The SMILES string of the molecule is CCC1(C(=O)NCC(C)(C)C(=O)O)CCNCC1. The summed E-state index contributed by atoms with van der Waals surface area (Å²) in [5, 5.41) is 15.1. The molecule has 0 saturated carbocycles. The second kappa shape index (κ2) is 5.69. The van der Waals surface area contributed by atoms with Gasteiger partial charge in [-0.3, -0.25) is 9.59 Å². The summed E-state index contributed by atoms with van der Waals surface area (Å²) in [6, 6.07) is 0. The fourth-order valence-electron chi connectivity index (χ4n) is 2.21. The van der Waals surface area contributed by atoms with E-state index in [1.54, 1.807) is 13.8 Å². The molecule has 1 fully saturated rings. The van der Waals surface area contributed by atoms with Crippen molar-refractivity contribution >= 4 is 11.9 Å². The van der Waals surface area contributed by atoms with Gasteiger partial charge >= 0.3 is 5.97 Å². The van der Waals surface area contributed by atoms with E-state index in [-0.39, 0.29) is 17.9 Å². The summed E-state index contributed by atoms with van der Waals surface area (Å²) in [5.74, 6) is -0.889. The molecule has 0 spiro atoms. The summed E-state index contributed by atoms with van der Waals surface area (Å²) in [6.07, 6.45) is 2.44. The molecule has 1 aliphatic heterocycles. The molecule has 1 heterocycles. The Hall–Kier alpha value is -1.10. The Kier molecular flexibility index (Phi) is 4.73. The Balaban J connectivity index is 2.61. The average molecular weight is 256 g/mol. The van der Waals surface area contributed by atoms with Gasteiger partial charge in [0.1, 0.15) is 0 Å². The zero-order valence-electron chi connectivity index (χ0n) is 11.5. The van der Waals surface area contributed by atoms with Gasteiger partial charge in [0.25, 0.3) is 0 Å². The Labute approximate surface area is 108 Å². The lowest BCUT2D eigenvalue weighted by molar-refractivity contribution is -0.147. The van der Waals surface area contributed by atoms with Crippen molar-refractivity contribution in [1.29, 1.82) is 0 Å². The van der Waals surface area contributed by atoms with Crippen molar-refractivity contribution in [3.05, 3.63) is 0 Å². The van der Waals surface area contributed by atoms with E-state index in [9.17, 15) is 9.59 Å². The van der Waals surface area contributed by atoms with Gasteiger partial charge in [-0.05, 0) is 46.2 Å². The third-order valence-corrected chi connectivity index (χ3v) is 3.99. The molecule has 0 aliphatic carbocycles. The molecular formula is C13H24N2O3. The predicted octanol–water partition coefficient (Wildman–Crippen LogP) is 0.993. The van der Waals surface area contributed by atoms with Crippen LogP contribution in [0.25, 0.3) is 0 Å². The quantitative estimate of drug-likeness (QED) is 0.685. The molecule has 0 bridgehead atoms. The average Bonchev–Trinajstić information content (AvgIpc) is 2.36. The summed E-state index contributed by atoms with van der Waals surface area (Å²) in [5.41, 5.74) is -1.24. The molecule has 3 N–H and O–H groups in total. The molecular weight excluding hydrogens is 232 g/mol. The van der Waals surface area contributed by atoms with Gasteiger partial charge in [-0.1, -0.05) is 6.92 Å². The van der Waals surface area contributed by atoms with Crippen LogP contribution in [0.3, 0.4) is 0 Å². The number of hydrogen-bond donors (Lipinski definition) is 3. The van der Waals surface area contributed by atoms with Gasteiger partial charge in [-0.15, -0.1) is 0 Å². The molecule has 5 nitrogen and oxygen atoms in total. The number of aliphatic carboxylic acids is 1. The van der Waals surface area contributed by atoms with Crippen molar-refractivity contribution in [2.45, 2.75) is 40.0 Å². The summed E-state index contributed by atoms with van der Waals surface area (Å²) in [4.78, 5) is 23.3. The van der Waals surface area contributed by atoms with Crippen molar-refractivity contribution in [2.75, 3.05) is 19.6 Å². The minimum Gasteiger partial charge on any atom is -0.481 e. The molecule has 1 rings (SSSR count). The zero-order valence-corrected chi connectivity index (χ0v) is 11.5. The number of piperidine rings is 1. The van der Waals surface area contributed by atoms with Crippen LogP contribution in [0.2, 0.25) is 0 Å². The first-order chi connectivity index (χ1) is 8.34. The lowest BCUT2D eigenvalue weighted by Crippen LogP contribution is -2.50. The fourth-order valence-corrected chi connectivity index (χ4v) is 2.21. The summed E-state index contributed by atoms with van der Waals surface area (Å²) in [6.45, 7) is 7.14.